The molecule has 0 aromatic rings. The number of alkyl halides is 3. The van der Waals surface area contributed by atoms with Gasteiger partial charge in [0.15, 0.2) is 0 Å². The van der Waals surface area contributed by atoms with E-state index in [1.54, 1.807) is 0 Å². The maximum absolute atomic E-state index is 10.7. The molecule has 3 N–H and O–H groups in total. The smallest absolute Gasteiger partial charge is 0.326 e. The number of nitrogens with zero attached hydrogens (tertiary/aromatic N) is 1. The summed E-state index contributed by atoms with van der Waals surface area (Å²) in [5.74, 6) is 0. The standard InChI is InChI=1S/C12H26N2.CHF3O3S/c1-3-9-14(10-4-2)12-8-6-5-7-11(12)13;2-1(3,4)8(5,6)7/h11-12H,3-10,13H2,1-2H3;(H,5,6,7)/t11-,12-;/m1./s1. The molecule has 0 radical (unpaired) electrons. The van der Waals surface area contributed by atoms with Gasteiger partial charge in [-0.05, 0) is 38.8 Å². The summed E-state index contributed by atoms with van der Waals surface area (Å²) in [6, 6.07) is 1.10. The Morgan fingerprint density at radius 2 is 1.55 bits per heavy atom. The van der Waals surface area contributed by atoms with E-state index in [1.165, 1.54) is 51.6 Å². The molecule has 0 aromatic heterocycles. The SMILES string of the molecule is CCCN(CCC)[C@@H]1CCCC[C@H]1N.O=S(=O)(O)C(F)(F)F. The molecule has 1 aliphatic carbocycles. The van der Waals surface area contributed by atoms with Crippen molar-refractivity contribution in [3.05, 3.63) is 0 Å². The molecule has 1 aliphatic rings. The van der Waals surface area contributed by atoms with Crippen LogP contribution in [0.15, 0.2) is 0 Å². The fourth-order valence-corrected chi connectivity index (χ4v) is 2.61. The molecule has 0 aromatic carbocycles. The van der Waals surface area contributed by atoms with Crippen LogP contribution < -0.4 is 5.73 Å². The lowest BCUT2D eigenvalue weighted by atomic mass is 9.89. The van der Waals surface area contributed by atoms with Gasteiger partial charge in [-0.3, -0.25) is 9.45 Å². The lowest BCUT2D eigenvalue weighted by Gasteiger charge is -2.38. The van der Waals surface area contributed by atoms with Gasteiger partial charge in [0.25, 0.3) is 0 Å². The molecule has 9 heteroatoms. The van der Waals surface area contributed by atoms with Crippen LogP contribution in [-0.4, -0.2) is 48.6 Å². The molecule has 0 heterocycles. The predicted octanol–water partition coefficient (Wildman–Crippen LogP) is 2.77. The number of hydrogen-bond donors (Lipinski definition) is 2. The highest BCUT2D eigenvalue weighted by atomic mass is 32.2. The maximum Gasteiger partial charge on any atom is 0.522 e. The van der Waals surface area contributed by atoms with Gasteiger partial charge in [-0.15, -0.1) is 0 Å². The molecule has 134 valence electrons. The van der Waals surface area contributed by atoms with E-state index in [0.29, 0.717) is 12.1 Å². The van der Waals surface area contributed by atoms with Gasteiger partial charge in [0.1, 0.15) is 0 Å². The summed E-state index contributed by atoms with van der Waals surface area (Å²) in [7, 11) is -5.84. The molecule has 0 saturated heterocycles. The van der Waals surface area contributed by atoms with E-state index in [1.807, 2.05) is 0 Å². The molecule has 0 unspecified atom stereocenters. The van der Waals surface area contributed by atoms with Crippen LogP contribution in [0.5, 0.6) is 0 Å². The minimum atomic E-state index is -5.84. The minimum Gasteiger partial charge on any atom is -0.326 e. The van der Waals surface area contributed by atoms with E-state index < -0.39 is 15.6 Å². The Morgan fingerprint density at radius 1 is 1.14 bits per heavy atom. The van der Waals surface area contributed by atoms with E-state index in [4.69, 9.17) is 18.7 Å². The third-order valence-electron chi connectivity index (χ3n) is 3.56. The average Bonchev–Trinajstić information content (AvgIpc) is 2.37. The topological polar surface area (TPSA) is 83.6 Å². The summed E-state index contributed by atoms with van der Waals surface area (Å²) in [6.07, 6.45) is 7.77. The number of rotatable bonds is 5. The van der Waals surface area contributed by atoms with Crippen molar-refractivity contribution >= 4 is 10.1 Å². The summed E-state index contributed by atoms with van der Waals surface area (Å²) in [6.45, 7) is 6.98. The monoisotopic (exact) mass is 348 g/mol. The highest BCUT2D eigenvalue weighted by molar-refractivity contribution is 7.86. The first-order valence-electron chi connectivity index (χ1n) is 7.58. The molecule has 1 rings (SSSR count). The molecule has 0 amide bonds. The minimum absolute atomic E-state index is 0.432. The molecular weight excluding hydrogens is 321 g/mol. The summed E-state index contributed by atoms with van der Waals surface area (Å²) < 4.78 is 57.5. The lowest BCUT2D eigenvalue weighted by Crippen LogP contribution is -2.50. The van der Waals surface area contributed by atoms with Gasteiger partial charge in [-0.25, -0.2) is 0 Å². The van der Waals surface area contributed by atoms with Crippen LogP contribution in [-0.2, 0) is 10.1 Å². The van der Waals surface area contributed by atoms with Gasteiger partial charge < -0.3 is 5.73 Å². The van der Waals surface area contributed by atoms with Gasteiger partial charge in [0.2, 0.25) is 0 Å². The molecule has 1 fully saturated rings. The number of nitrogens with two attached hydrogens (primary N) is 1. The highest BCUT2D eigenvalue weighted by Crippen LogP contribution is 2.22. The van der Waals surface area contributed by atoms with Crippen molar-refractivity contribution in [3.8, 4) is 0 Å². The normalized spacial score (nSPS) is 23.1. The second-order valence-corrected chi connectivity index (χ2v) is 6.89. The van der Waals surface area contributed by atoms with Gasteiger partial charge in [-0.1, -0.05) is 26.7 Å². The Kier molecular flexibility index (Phi) is 9.52. The van der Waals surface area contributed by atoms with Crippen molar-refractivity contribution in [3.63, 3.8) is 0 Å². The lowest BCUT2D eigenvalue weighted by molar-refractivity contribution is -0.0510. The Morgan fingerprint density at radius 3 is 1.86 bits per heavy atom. The van der Waals surface area contributed by atoms with E-state index in [9.17, 15) is 13.2 Å². The zero-order valence-corrected chi connectivity index (χ0v) is 14.0. The predicted molar refractivity (Wildman–Crippen MR) is 80.0 cm³/mol. The fraction of sp³-hybridized carbons (Fsp3) is 1.00. The van der Waals surface area contributed by atoms with Crippen molar-refractivity contribution in [2.45, 2.75) is 70.0 Å². The van der Waals surface area contributed by atoms with Crippen molar-refractivity contribution in [1.82, 2.24) is 4.90 Å². The van der Waals surface area contributed by atoms with Gasteiger partial charge in [0.05, 0.1) is 0 Å². The summed E-state index contributed by atoms with van der Waals surface area (Å²) in [4.78, 5) is 2.61. The van der Waals surface area contributed by atoms with Crippen LogP contribution >= 0.6 is 0 Å². The Labute approximate surface area is 130 Å². The third kappa shape index (κ3) is 7.75. The second-order valence-electron chi connectivity index (χ2n) is 5.47. The van der Waals surface area contributed by atoms with Crippen LogP contribution in [0.3, 0.4) is 0 Å². The Bertz CT molecular complexity index is 396. The van der Waals surface area contributed by atoms with Crippen molar-refractivity contribution in [2.75, 3.05) is 13.1 Å². The largest absolute Gasteiger partial charge is 0.522 e. The highest BCUT2D eigenvalue weighted by Gasteiger charge is 2.44. The fourth-order valence-electron chi connectivity index (χ4n) is 2.61. The van der Waals surface area contributed by atoms with Crippen molar-refractivity contribution < 1.29 is 26.1 Å². The van der Waals surface area contributed by atoms with E-state index in [-0.39, 0.29) is 0 Å². The third-order valence-corrected chi connectivity index (χ3v) is 4.15. The quantitative estimate of drug-likeness (QED) is 0.590. The van der Waals surface area contributed by atoms with E-state index in [0.717, 1.165) is 0 Å². The zero-order chi connectivity index (χ0) is 17.4. The molecule has 5 nitrogen and oxygen atoms in total. The first-order valence-corrected chi connectivity index (χ1v) is 9.02. The van der Waals surface area contributed by atoms with Crippen molar-refractivity contribution in [2.24, 2.45) is 5.73 Å². The maximum atomic E-state index is 10.7. The van der Waals surface area contributed by atoms with E-state index in [2.05, 4.69) is 18.7 Å². The molecule has 22 heavy (non-hydrogen) atoms. The van der Waals surface area contributed by atoms with Crippen LogP contribution in [0.25, 0.3) is 0 Å². The molecule has 0 aliphatic heterocycles. The number of hydrogen-bond acceptors (Lipinski definition) is 4. The van der Waals surface area contributed by atoms with Gasteiger partial charge in [-0.2, -0.15) is 21.6 Å². The van der Waals surface area contributed by atoms with Crippen LogP contribution in [0.4, 0.5) is 13.2 Å². The summed E-state index contributed by atoms with van der Waals surface area (Å²) >= 11 is 0. The molecular formula is C13H27F3N2O3S. The summed E-state index contributed by atoms with van der Waals surface area (Å²) in [5, 5.41) is 0. The molecule has 0 spiro atoms. The first-order chi connectivity index (χ1) is 10.0. The van der Waals surface area contributed by atoms with Gasteiger partial charge >= 0.3 is 15.6 Å². The second kappa shape index (κ2) is 9.69. The van der Waals surface area contributed by atoms with Crippen LogP contribution in [0, 0.1) is 0 Å². The van der Waals surface area contributed by atoms with Crippen LogP contribution in [0.2, 0.25) is 0 Å². The average molecular weight is 348 g/mol. The molecule has 2 atom stereocenters. The van der Waals surface area contributed by atoms with Gasteiger partial charge in [0, 0.05) is 12.1 Å². The Balaban J connectivity index is 0.000000472. The zero-order valence-electron chi connectivity index (χ0n) is 13.1. The van der Waals surface area contributed by atoms with Crippen LogP contribution in [0.1, 0.15) is 52.4 Å². The molecule has 1 saturated carbocycles. The summed E-state index contributed by atoms with van der Waals surface area (Å²) in [5.41, 5.74) is 0.664. The Hall–Kier alpha value is -0.380. The molecule has 0 bridgehead atoms. The number of halogens is 3. The van der Waals surface area contributed by atoms with E-state index >= 15 is 0 Å². The van der Waals surface area contributed by atoms with Crippen molar-refractivity contribution in [1.29, 1.82) is 0 Å². The first kappa shape index (κ1) is 21.6.